The monoisotopic (exact) mass is 722 g/mol. The predicted molar refractivity (Wildman–Crippen MR) is 191 cm³/mol. The SMILES string of the molecule is COC(=O)COCC(O)COc1cc(C(C)C)c(C2(c3cc(C)c(OCC(O)COCC(=O)OC)cc3C(C)C)OC(=O)c3ccccc32)cc1C. The van der Waals surface area contributed by atoms with Crippen molar-refractivity contribution in [1.82, 2.24) is 0 Å². The molecule has 12 heteroatoms. The van der Waals surface area contributed by atoms with Crippen LogP contribution in [0.1, 0.15) is 88.8 Å². The van der Waals surface area contributed by atoms with E-state index in [4.69, 9.17) is 23.7 Å². The van der Waals surface area contributed by atoms with Crippen molar-refractivity contribution in [3.63, 3.8) is 0 Å². The summed E-state index contributed by atoms with van der Waals surface area (Å²) in [5, 5.41) is 21.0. The van der Waals surface area contributed by atoms with Gasteiger partial charge in [0, 0.05) is 16.7 Å². The van der Waals surface area contributed by atoms with E-state index in [1.165, 1.54) is 14.2 Å². The average Bonchev–Trinajstić information content (AvgIpc) is 3.42. The lowest BCUT2D eigenvalue weighted by molar-refractivity contribution is -0.147. The lowest BCUT2D eigenvalue weighted by Gasteiger charge is -2.36. The Kier molecular flexibility index (Phi) is 13.8. The first kappa shape index (κ1) is 40.3. The van der Waals surface area contributed by atoms with Gasteiger partial charge in [0.2, 0.25) is 0 Å². The molecule has 0 aliphatic carbocycles. The lowest BCUT2D eigenvalue weighted by Crippen LogP contribution is -2.33. The number of fused-ring (bicyclic) bond motifs is 1. The lowest BCUT2D eigenvalue weighted by atomic mass is 9.72. The number of ether oxygens (including phenoxy) is 7. The number of rotatable bonds is 18. The first-order valence-corrected chi connectivity index (χ1v) is 17.3. The highest BCUT2D eigenvalue weighted by atomic mass is 16.6. The molecule has 0 saturated carbocycles. The number of hydrogen-bond donors (Lipinski definition) is 2. The van der Waals surface area contributed by atoms with Crippen molar-refractivity contribution in [2.75, 3.05) is 53.9 Å². The Balaban J connectivity index is 1.77. The van der Waals surface area contributed by atoms with Gasteiger partial charge >= 0.3 is 17.9 Å². The zero-order valence-corrected chi connectivity index (χ0v) is 31.1. The number of esters is 3. The standard InChI is InChI=1S/C40H50O12/c1-23(2)30-15-35(50-19-27(41)17-48-21-37(43)46-7)25(5)13-33(30)40(32-12-10-9-11-29(32)39(45)52-40)34-14-26(6)36(16-31(34)24(3)4)51-20-28(42)18-49-22-38(44)47-8/h9-16,23-24,27-28,41-42H,17-22H2,1-8H3. The quantitative estimate of drug-likeness (QED) is 0.136. The molecule has 1 aliphatic rings. The molecule has 52 heavy (non-hydrogen) atoms. The van der Waals surface area contributed by atoms with Gasteiger partial charge in [-0.05, 0) is 78.3 Å². The minimum atomic E-state index is -1.33. The molecule has 2 atom stereocenters. The van der Waals surface area contributed by atoms with Crippen molar-refractivity contribution < 1.29 is 57.8 Å². The minimum Gasteiger partial charge on any atom is -0.491 e. The average molecular weight is 723 g/mol. The molecule has 0 amide bonds. The van der Waals surface area contributed by atoms with Crippen molar-refractivity contribution in [1.29, 1.82) is 0 Å². The van der Waals surface area contributed by atoms with Crippen molar-refractivity contribution >= 4 is 17.9 Å². The molecule has 3 aromatic carbocycles. The summed E-state index contributed by atoms with van der Waals surface area (Å²) in [4.78, 5) is 36.5. The highest BCUT2D eigenvalue weighted by Gasteiger charge is 2.51. The third-order valence-corrected chi connectivity index (χ3v) is 8.85. The van der Waals surface area contributed by atoms with E-state index in [0.29, 0.717) is 22.6 Å². The highest BCUT2D eigenvalue weighted by Crippen LogP contribution is 2.52. The number of cyclic esters (lactones) is 1. The second-order valence-electron chi connectivity index (χ2n) is 13.4. The van der Waals surface area contributed by atoms with Gasteiger partial charge in [0.25, 0.3) is 0 Å². The van der Waals surface area contributed by atoms with Gasteiger partial charge in [0.05, 0.1) is 33.0 Å². The van der Waals surface area contributed by atoms with Crippen LogP contribution in [0.4, 0.5) is 0 Å². The summed E-state index contributed by atoms with van der Waals surface area (Å²) in [5.41, 5.74) is 4.67. The summed E-state index contributed by atoms with van der Waals surface area (Å²) in [7, 11) is 2.52. The second-order valence-corrected chi connectivity index (χ2v) is 13.4. The molecular weight excluding hydrogens is 672 g/mol. The van der Waals surface area contributed by atoms with Gasteiger partial charge in [0.15, 0.2) is 5.60 Å². The number of carbonyl (C=O) groups excluding carboxylic acids is 3. The van der Waals surface area contributed by atoms with Crippen LogP contribution in [-0.2, 0) is 38.9 Å². The van der Waals surface area contributed by atoms with E-state index in [-0.39, 0.29) is 51.5 Å². The number of methoxy groups -OCH3 is 2. The van der Waals surface area contributed by atoms with Crippen LogP contribution in [0.15, 0.2) is 48.5 Å². The zero-order chi connectivity index (χ0) is 38.2. The molecule has 0 bridgehead atoms. The molecule has 282 valence electrons. The van der Waals surface area contributed by atoms with Crippen molar-refractivity contribution in [2.45, 2.75) is 71.2 Å². The van der Waals surface area contributed by atoms with Crippen LogP contribution in [0.25, 0.3) is 0 Å². The summed E-state index contributed by atoms with van der Waals surface area (Å²) < 4.78 is 38.4. The Morgan fingerprint density at radius 2 is 1.13 bits per heavy atom. The molecule has 0 radical (unpaired) electrons. The Morgan fingerprint density at radius 1 is 0.692 bits per heavy atom. The summed E-state index contributed by atoms with van der Waals surface area (Å²) in [6.45, 7) is 11.1. The molecular formula is C40H50O12. The summed E-state index contributed by atoms with van der Waals surface area (Å²) in [6, 6.07) is 15.2. The fourth-order valence-electron chi connectivity index (χ4n) is 6.19. The largest absolute Gasteiger partial charge is 0.491 e. The van der Waals surface area contributed by atoms with Crippen LogP contribution in [-0.4, -0.2) is 94.2 Å². The van der Waals surface area contributed by atoms with E-state index in [1.54, 1.807) is 6.07 Å². The van der Waals surface area contributed by atoms with Crippen LogP contribution < -0.4 is 9.47 Å². The van der Waals surface area contributed by atoms with Gasteiger partial charge in [-0.25, -0.2) is 14.4 Å². The molecule has 1 heterocycles. The maximum Gasteiger partial charge on any atom is 0.340 e. The topological polar surface area (TPSA) is 156 Å². The van der Waals surface area contributed by atoms with Gasteiger partial charge in [-0.1, -0.05) is 45.9 Å². The normalized spacial score (nSPS) is 16.3. The van der Waals surface area contributed by atoms with Crippen molar-refractivity contribution in [3.8, 4) is 11.5 Å². The van der Waals surface area contributed by atoms with E-state index in [1.807, 2.05) is 56.3 Å². The van der Waals surface area contributed by atoms with Crippen LogP contribution in [0, 0.1) is 13.8 Å². The highest BCUT2D eigenvalue weighted by molar-refractivity contribution is 5.96. The molecule has 4 rings (SSSR count). The van der Waals surface area contributed by atoms with E-state index >= 15 is 0 Å². The number of aliphatic hydroxyl groups is 2. The zero-order valence-electron chi connectivity index (χ0n) is 31.1. The maximum atomic E-state index is 13.7. The van der Waals surface area contributed by atoms with Crippen molar-refractivity contribution in [2.24, 2.45) is 0 Å². The van der Waals surface area contributed by atoms with Gasteiger partial charge in [0.1, 0.15) is 50.1 Å². The molecule has 0 aromatic heterocycles. The van der Waals surface area contributed by atoms with Crippen molar-refractivity contribution in [3.05, 3.63) is 93.0 Å². The van der Waals surface area contributed by atoms with Gasteiger partial charge < -0.3 is 43.4 Å². The van der Waals surface area contributed by atoms with E-state index in [2.05, 4.69) is 37.2 Å². The second kappa shape index (κ2) is 17.8. The number of aryl methyl sites for hydroxylation is 2. The smallest absolute Gasteiger partial charge is 0.340 e. The van der Waals surface area contributed by atoms with Gasteiger partial charge in [-0.2, -0.15) is 0 Å². The molecule has 2 unspecified atom stereocenters. The van der Waals surface area contributed by atoms with Gasteiger partial charge in [-0.15, -0.1) is 0 Å². The molecule has 1 aliphatic heterocycles. The first-order chi connectivity index (χ1) is 24.7. The summed E-state index contributed by atoms with van der Waals surface area (Å²) in [5.74, 6) is -0.510. The first-order valence-electron chi connectivity index (χ1n) is 17.3. The number of hydrogen-bond acceptors (Lipinski definition) is 12. The number of carbonyl (C=O) groups is 3. The Bertz CT molecular complexity index is 1640. The third-order valence-electron chi connectivity index (χ3n) is 8.85. The molecule has 0 saturated heterocycles. The maximum absolute atomic E-state index is 13.7. The Hall–Kier alpha value is -4.49. The minimum absolute atomic E-state index is 0.0382. The fraction of sp³-hybridized carbons (Fsp3) is 0.475. The molecule has 12 nitrogen and oxygen atoms in total. The predicted octanol–water partition coefficient (Wildman–Crippen LogP) is 4.87. The molecule has 0 spiro atoms. The fourth-order valence-corrected chi connectivity index (χ4v) is 6.19. The number of aliphatic hydroxyl groups excluding tert-OH is 2. The van der Waals surface area contributed by atoms with Gasteiger partial charge in [-0.3, -0.25) is 0 Å². The summed E-state index contributed by atoms with van der Waals surface area (Å²) >= 11 is 0. The molecule has 2 N–H and O–H groups in total. The van der Waals surface area contributed by atoms with Crippen LogP contribution in [0.5, 0.6) is 11.5 Å². The Morgan fingerprint density at radius 3 is 1.56 bits per heavy atom. The van der Waals surface area contributed by atoms with Crippen LogP contribution in [0.2, 0.25) is 0 Å². The summed E-state index contributed by atoms with van der Waals surface area (Å²) in [6.07, 6.45) is -1.99. The van der Waals surface area contributed by atoms with E-state index in [9.17, 15) is 24.6 Å². The molecule has 0 fully saturated rings. The molecule has 3 aromatic rings. The van der Waals surface area contributed by atoms with Crippen LogP contribution >= 0.6 is 0 Å². The third kappa shape index (κ3) is 9.11. The Labute approximate surface area is 304 Å². The van der Waals surface area contributed by atoms with E-state index < -0.39 is 35.7 Å². The number of benzene rings is 3. The van der Waals surface area contributed by atoms with Crippen LogP contribution in [0.3, 0.4) is 0 Å². The van der Waals surface area contributed by atoms with E-state index in [0.717, 1.165) is 33.4 Å².